The van der Waals surface area contributed by atoms with Crippen molar-refractivity contribution in [3.63, 3.8) is 0 Å². The van der Waals surface area contributed by atoms with Gasteiger partial charge >= 0.3 is 12.1 Å². The minimum Gasteiger partial charge on any atom is -0.460 e. The van der Waals surface area contributed by atoms with Crippen molar-refractivity contribution in [2.45, 2.75) is 12.7 Å². The summed E-state index contributed by atoms with van der Waals surface area (Å²) in [5, 5.41) is 12.5. The van der Waals surface area contributed by atoms with Crippen LogP contribution < -0.4 is 4.99 Å². The van der Waals surface area contributed by atoms with Crippen molar-refractivity contribution in [1.82, 2.24) is 4.98 Å². The van der Waals surface area contributed by atoms with Gasteiger partial charge < -0.3 is 5.11 Å². The molecule has 0 saturated carbocycles. The lowest BCUT2D eigenvalue weighted by Crippen LogP contribution is -2.71. The average Bonchev–Trinajstić information content (AvgIpc) is 2.70. The first-order valence-electron chi connectivity index (χ1n) is 8.65. The molecule has 0 unspecified atom stereocenters. The topological polar surface area (TPSA) is 47.1 Å². The van der Waals surface area contributed by atoms with Gasteiger partial charge in [-0.1, -0.05) is 30.3 Å². The molecule has 0 radical (unpaired) electrons. The summed E-state index contributed by atoms with van der Waals surface area (Å²) in [6.07, 6.45) is -2.67. The van der Waals surface area contributed by atoms with Crippen molar-refractivity contribution in [2.24, 2.45) is 0 Å². The molecule has 0 aliphatic carbocycles. The van der Waals surface area contributed by atoms with E-state index >= 15 is 0 Å². The van der Waals surface area contributed by atoms with Gasteiger partial charge in [0.1, 0.15) is 0 Å². The number of fused-ring (bicyclic) bond motifs is 2. The number of nitrogens with zero attached hydrogens (tertiary/aromatic N) is 1. The standard InChI is InChI=1S/C22H15F3N2O/c23-22(24,25)18-8-7-14-11-16(6-5-15(14)12-18)21(28)27-13-17-9-10-26-20-4-2-1-3-19(17)20/h1-12H,13H2,(H,27,28)/p+1. The lowest BCUT2D eigenvalue weighted by atomic mass is 10.0. The Bertz CT molecular complexity index is 1190. The number of hydrogen-bond donors (Lipinski definition) is 2. The third-order valence-corrected chi connectivity index (χ3v) is 4.63. The minimum atomic E-state index is -4.38. The van der Waals surface area contributed by atoms with E-state index < -0.39 is 11.7 Å². The lowest BCUT2D eigenvalue weighted by Gasteiger charge is -2.08. The van der Waals surface area contributed by atoms with Crippen LogP contribution in [0.15, 0.2) is 72.9 Å². The van der Waals surface area contributed by atoms with Gasteiger partial charge in [-0.05, 0) is 47.2 Å². The highest BCUT2D eigenvalue weighted by Crippen LogP contribution is 2.31. The summed E-state index contributed by atoms with van der Waals surface area (Å²) >= 11 is 0. The van der Waals surface area contributed by atoms with Crippen LogP contribution >= 0.6 is 0 Å². The zero-order valence-corrected chi connectivity index (χ0v) is 14.7. The number of para-hydroxylation sites is 1. The van der Waals surface area contributed by atoms with Crippen LogP contribution in [0.2, 0.25) is 0 Å². The molecule has 0 amide bonds. The van der Waals surface area contributed by atoms with Crippen molar-refractivity contribution in [2.75, 3.05) is 0 Å². The fourth-order valence-corrected chi connectivity index (χ4v) is 3.16. The van der Waals surface area contributed by atoms with Gasteiger partial charge in [-0.15, -0.1) is 0 Å². The second kappa shape index (κ2) is 6.96. The van der Waals surface area contributed by atoms with Gasteiger partial charge in [-0.3, -0.25) is 4.98 Å². The van der Waals surface area contributed by atoms with Gasteiger partial charge in [-0.2, -0.15) is 13.2 Å². The van der Waals surface area contributed by atoms with E-state index in [1.807, 2.05) is 30.3 Å². The molecule has 0 saturated heterocycles. The normalized spacial score (nSPS) is 12.6. The number of benzene rings is 3. The Kier molecular flexibility index (Phi) is 4.47. The predicted molar refractivity (Wildman–Crippen MR) is 102 cm³/mol. The Balaban J connectivity index is 1.63. The van der Waals surface area contributed by atoms with Crippen LogP contribution in [-0.4, -0.2) is 16.0 Å². The molecule has 0 aliphatic rings. The van der Waals surface area contributed by atoms with Crippen LogP contribution in [0.3, 0.4) is 0 Å². The molecule has 4 aromatic rings. The molecule has 28 heavy (non-hydrogen) atoms. The summed E-state index contributed by atoms with van der Waals surface area (Å²) in [7, 11) is 0. The largest absolute Gasteiger partial charge is 0.460 e. The van der Waals surface area contributed by atoms with Crippen LogP contribution in [-0.2, 0) is 12.7 Å². The molecule has 1 heterocycles. The molecule has 0 bridgehead atoms. The number of rotatable bonds is 3. The molecule has 3 aromatic carbocycles. The summed E-state index contributed by atoms with van der Waals surface area (Å²) in [5.41, 5.74) is 1.66. The number of halogens is 3. The maximum Gasteiger partial charge on any atom is 0.416 e. The zero-order chi connectivity index (χ0) is 19.7. The molecule has 0 atom stereocenters. The van der Waals surface area contributed by atoms with E-state index in [1.165, 1.54) is 6.07 Å². The van der Waals surface area contributed by atoms with Crippen LogP contribution in [0, 0.1) is 0 Å². The molecule has 2 N–H and O–H groups in total. The molecular formula is C22H16F3N2O+. The first-order chi connectivity index (χ1) is 13.4. The number of alkyl halides is 3. The Morgan fingerprint density at radius 3 is 2.50 bits per heavy atom. The molecule has 0 spiro atoms. The molecule has 1 aromatic heterocycles. The fraction of sp³-hybridized carbons (Fsp3) is 0.0909. The lowest BCUT2D eigenvalue weighted by molar-refractivity contribution is -0.483. The van der Waals surface area contributed by atoms with Crippen molar-refractivity contribution in [3.8, 4) is 0 Å². The quantitative estimate of drug-likeness (QED) is 0.416. The monoisotopic (exact) mass is 381 g/mol. The van der Waals surface area contributed by atoms with Gasteiger partial charge in [0, 0.05) is 17.1 Å². The first kappa shape index (κ1) is 18.0. The second-order valence-corrected chi connectivity index (χ2v) is 6.46. The molecule has 0 aliphatic heterocycles. The van der Waals surface area contributed by atoms with Gasteiger partial charge in [-0.25, -0.2) is 4.99 Å². The van der Waals surface area contributed by atoms with E-state index in [2.05, 4.69) is 9.98 Å². The highest BCUT2D eigenvalue weighted by Gasteiger charge is 2.30. The number of aliphatic hydroxyl groups is 1. The Hall–Kier alpha value is -3.41. The van der Waals surface area contributed by atoms with Crippen LogP contribution in [0.1, 0.15) is 16.7 Å². The summed E-state index contributed by atoms with van der Waals surface area (Å²) in [4.78, 5) is 7.28. The van der Waals surface area contributed by atoms with Crippen LogP contribution in [0.4, 0.5) is 13.2 Å². The van der Waals surface area contributed by atoms with Crippen LogP contribution in [0.25, 0.3) is 21.7 Å². The van der Waals surface area contributed by atoms with Crippen molar-refractivity contribution in [1.29, 1.82) is 0 Å². The Labute approximate surface area is 158 Å². The maximum absolute atomic E-state index is 12.8. The van der Waals surface area contributed by atoms with Gasteiger partial charge in [0.25, 0.3) is 0 Å². The fourth-order valence-electron chi connectivity index (χ4n) is 3.16. The third-order valence-electron chi connectivity index (χ3n) is 4.63. The SMILES string of the molecule is OC(=[NH+]Cc1ccnc2ccccc12)c1ccc2cc(C(F)(F)F)ccc2c1. The summed E-state index contributed by atoms with van der Waals surface area (Å²) in [6, 6.07) is 18.0. The Morgan fingerprint density at radius 2 is 1.68 bits per heavy atom. The van der Waals surface area contributed by atoms with Crippen molar-refractivity contribution < 1.29 is 23.3 Å². The van der Waals surface area contributed by atoms with E-state index in [1.54, 1.807) is 24.4 Å². The molecule has 4 rings (SSSR count). The van der Waals surface area contributed by atoms with E-state index in [9.17, 15) is 18.3 Å². The van der Waals surface area contributed by atoms with E-state index in [0.717, 1.165) is 28.6 Å². The van der Waals surface area contributed by atoms with E-state index in [0.29, 0.717) is 22.9 Å². The van der Waals surface area contributed by atoms with Crippen molar-refractivity contribution >= 4 is 27.6 Å². The Morgan fingerprint density at radius 1 is 0.929 bits per heavy atom. The minimum absolute atomic E-state index is 0.0392. The molecule has 3 nitrogen and oxygen atoms in total. The molecule has 140 valence electrons. The summed E-state index contributed by atoms with van der Waals surface area (Å²) in [6.45, 7) is 0.389. The molecule has 0 fully saturated rings. The first-order valence-corrected chi connectivity index (χ1v) is 8.65. The highest BCUT2D eigenvalue weighted by molar-refractivity contribution is 5.94. The maximum atomic E-state index is 12.8. The van der Waals surface area contributed by atoms with Gasteiger partial charge in [0.2, 0.25) is 0 Å². The van der Waals surface area contributed by atoms with Crippen LogP contribution in [0.5, 0.6) is 0 Å². The van der Waals surface area contributed by atoms with Gasteiger partial charge in [0.15, 0.2) is 6.54 Å². The number of nitrogens with one attached hydrogen (secondary N) is 1. The summed E-state index contributed by atoms with van der Waals surface area (Å²) < 4.78 is 38.5. The van der Waals surface area contributed by atoms with E-state index in [-0.39, 0.29) is 5.90 Å². The zero-order valence-electron chi connectivity index (χ0n) is 14.7. The molecular weight excluding hydrogens is 365 g/mol. The average molecular weight is 381 g/mol. The second-order valence-electron chi connectivity index (χ2n) is 6.46. The number of aliphatic hydroxyl groups excluding tert-OH is 1. The number of hydrogen-bond acceptors (Lipinski definition) is 1. The number of aromatic nitrogens is 1. The predicted octanol–water partition coefficient (Wildman–Crippen LogP) is 3.99. The van der Waals surface area contributed by atoms with Crippen molar-refractivity contribution in [3.05, 3.63) is 89.6 Å². The molecule has 6 heteroatoms. The third kappa shape index (κ3) is 3.53. The van der Waals surface area contributed by atoms with E-state index in [4.69, 9.17) is 0 Å². The van der Waals surface area contributed by atoms with Gasteiger partial charge in [0.05, 0.1) is 16.6 Å². The number of pyridine rings is 1. The summed E-state index contributed by atoms with van der Waals surface area (Å²) in [5.74, 6) is -0.0392. The smallest absolute Gasteiger partial charge is 0.416 e. The highest BCUT2D eigenvalue weighted by atomic mass is 19.4.